The van der Waals surface area contributed by atoms with E-state index in [2.05, 4.69) is 28.2 Å². The number of benzene rings is 1. The topological polar surface area (TPSA) is 55.1 Å². The van der Waals surface area contributed by atoms with Gasteiger partial charge in [0.2, 0.25) is 0 Å². The molecule has 1 amide bonds. The van der Waals surface area contributed by atoms with E-state index in [0.717, 1.165) is 11.0 Å². The summed E-state index contributed by atoms with van der Waals surface area (Å²) in [6, 6.07) is 5.33. The molecule has 1 aliphatic rings. The number of rotatable bonds is 3. The van der Waals surface area contributed by atoms with Crippen LogP contribution in [0.2, 0.25) is 0 Å². The fourth-order valence-electron chi connectivity index (χ4n) is 2.09. The lowest BCUT2D eigenvalue weighted by atomic mass is 9.70. The number of halogens is 2. The Morgan fingerprint density at radius 2 is 2.17 bits per heavy atom. The number of anilines is 1. The van der Waals surface area contributed by atoms with Crippen LogP contribution in [0, 0.1) is 5.41 Å². The molecule has 18 heavy (non-hydrogen) atoms. The molecule has 5 heteroatoms. The van der Waals surface area contributed by atoms with Crippen molar-refractivity contribution in [3.05, 3.63) is 28.2 Å². The van der Waals surface area contributed by atoms with Crippen LogP contribution >= 0.6 is 28.3 Å². The maximum atomic E-state index is 12.0. The smallest absolute Gasteiger partial charge is 0.253 e. The zero-order chi connectivity index (χ0) is 12.5. The Labute approximate surface area is 122 Å². The number of nitrogen functional groups attached to an aromatic ring is 1. The number of hydrogen-bond donors (Lipinski definition) is 2. The quantitative estimate of drug-likeness (QED) is 0.833. The van der Waals surface area contributed by atoms with Crippen molar-refractivity contribution >= 4 is 39.9 Å². The van der Waals surface area contributed by atoms with Crippen molar-refractivity contribution in [2.45, 2.75) is 26.2 Å². The molecule has 0 atom stereocenters. The molecule has 1 fully saturated rings. The molecule has 0 radical (unpaired) electrons. The molecule has 0 aliphatic heterocycles. The highest BCUT2D eigenvalue weighted by molar-refractivity contribution is 9.10. The number of hydrogen-bond acceptors (Lipinski definition) is 2. The van der Waals surface area contributed by atoms with E-state index in [-0.39, 0.29) is 18.3 Å². The molecule has 0 saturated heterocycles. The van der Waals surface area contributed by atoms with Crippen LogP contribution in [0.3, 0.4) is 0 Å². The Balaban J connectivity index is 0.00000162. The molecule has 2 rings (SSSR count). The zero-order valence-electron chi connectivity index (χ0n) is 10.3. The molecule has 0 bridgehead atoms. The standard InChI is InChI=1S/C13H17BrN2O.ClH/c1-13(5-2-6-13)8-16-12(17)10-4-3-9(14)7-11(10)15;/h3-4,7H,2,5-6,8,15H2,1H3,(H,16,17);1H. The summed E-state index contributed by atoms with van der Waals surface area (Å²) in [6.45, 7) is 2.95. The number of nitrogens with one attached hydrogen (secondary N) is 1. The summed E-state index contributed by atoms with van der Waals surface area (Å²) in [5.41, 5.74) is 7.17. The fourth-order valence-corrected chi connectivity index (χ4v) is 2.47. The first kappa shape index (κ1) is 15.3. The Morgan fingerprint density at radius 3 is 2.67 bits per heavy atom. The summed E-state index contributed by atoms with van der Waals surface area (Å²) in [6.07, 6.45) is 3.67. The average Bonchev–Trinajstić information content (AvgIpc) is 2.23. The number of nitrogens with two attached hydrogens (primary N) is 1. The van der Waals surface area contributed by atoms with E-state index in [1.54, 1.807) is 12.1 Å². The predicted molar refractivity (Wildman–Crippen MR) is 80.1 cm³/mol. The lowest BCUT2D eigenvalue weighted by molar-refractivity contribution is 0.0891. The average molecular weight is 334 g/mol. The lowest BCUT2D eigenvalue weighted by Gasteiger charge is -2.38. The molecule has 3 nitrogen and oxygen atoms in total. The van der Waals surface area contributed by atoms with Crippen molar-refractivity contribution in [1.82, 2.24) is 5.32 Å². The van der Waals surface area contributed by atoms with Crippen LogP contribution in [0.5, 0.6) is 0 Å². The molecule has 100 valence electrons. The van der Waals surface area contributed by atoms with Gasteiger partial charge in [0.1, 0.15) is 0 Å². The van der Waals surface area contributed by atoms with Crippen LogP contribution in [0.4, 0.5) is 5.69 Å². The van der Waals surface area contributed by atoms with E-state index in [1.807, 2.05) is 6.07 Å². The normalized spacial score (nSPS) is 16.3. The van der Waals surface area contributed by atoms with Gasteiger partial charge in [0.25, 0.3) is 5.91 Å². The maximum Gasteiger partial charge on any atom is 0.253 e. The number of amides is 1. The summed E-state index contributed by atoms with van der Waals surface area (Å²) in [5, 5.41) is 2.97. The van der Waals surface area contributed by atoms with Crippen LogP contribution in [0.25, 0.3) is 0 Å². The number of carbonyl (C=O) groups is 1. The van der Waals surface area contributed by atoms with E-state index in [4.69, 9.17) is 5.73 Å². The third-order valence-electron chi connectivity index (χ3n) is 3.49. The minimum atomic E-state index is -0.0804. The van der Waals surface area contributed by atoms with E-state index >= 15 is 0 Å². The second-order valence-electron chi connectivity index (χ2n) is 5.08. The Morgan fingerprint density at radius 1 is 1.50 bits per heavy atom. The minimum Gasteiger partial charge on any atom is -0.398 e. The zero-order valence-corrected chi connectivity index (χ0v) is 12.7. The molecular weight excluding hydrogens is 316 g/mol. The van der Waals surface area contributed by atoms with Crippen molar-refractivity contribution in [2.75, 3.05) is 12.3 Å². The first-order chi connectivity index (χ1) is 8.00. The highest BCUT2D eigenvalue weighted by atomic mass is 79.9. The minimum absolute atomic E-state index is 0. The van der Waals surface area contributed by atoms with Gasteiger partial charge in [-0.05, 0) is 36.5 Å². The summed E-state index contributed by atoms with van der Waals surface area (Å²) >= 11 is 3.32. The maximum absolute atomic E-state index is 12.0. The van der Waals surface area contributed by atoms with Gasteiger partial charge in [0, 0.05) is 16.7 Å². The van der Waals surface area contributed by atoms with Gasteiger partial charge in [-0.1, -0.05) is 29.3 Å². The van der Waals surface area contributed by atoms with Gasteiger partial charge >= 0.3 is 0 Å². The van der Waals surface area contributed by atoms with Crippen molar-refractivity contribution in [2.24, 2.45) is 5.41 Å². The van der Waals surface area contributed by atoms with Crippen molar-refractivity contribution in [3.8, 4) is 0 Å². The number of carbonyl (C=O) groups excluding carboxylic acids is 1. The van der Waals surface area contributed by atoms with Crippen LogP contribution in [-0.2, 0) is 0 Å². The summed E-state index contributed by atoms with van der Waals surface area (Å²) in [4.78, 5) is 12.0. The second-order valence-corrected chi connectivity index (χ2v) is 5.99. The Hall–Kier alpha value is -0.740. The molecule has 0 aromatic heterocycles. The highest BCUT2D eigenvalue weighted by Crippen LogP contribution is 2.39. The SMILES string of the molecule is CC1(CNC(=O)c2ccc(Br)cc2N)CCC1.Cl. The third kappa shape index (κ3) is 3.39. The Bertz CT molecular complexity index is 447. The molecule has 1 aromatic carbocycles. The van der Waals surface area contributed by atoms with Crippen LogP contribution in [-0.4, -0.2) is 12.5 Å². The molecule has 3 N–H and O–H groups in total. The summed E-state index contributed by atoms with van der Waals surface area (Å²) in [5.74, 6) is -0.0804. The molecule has 0 unspecified atom stereocenters. The Kier molecular flexibility index (Phi) is 5.05. The summed E-state index contributed by atoms with van der Waals surface area (Å²) < 4.78 is 0.887. The third-order valence-corrected chi connectivity index (χ3v) is 3.99. The van der Waals surface area contributed by atoms with E-state index < -0.39 is 0 Å². The molecule has 0 spiro atoms. The van der Waals surface area contributed by atoms with E-state index in [1.165, 1.54) is 19.3 Å². The van der Waals surface area contributed by atoms with E-state index in [9.17, 15) is 4.79 Å². The van der Waals surface area contributed by atoms with E-state index in [0.29, 0.717) is 16.7 Å². The monoisotopic (exact) mass is 332 g/mol. The van der Waals surface area contributed by atoms with Gasteiger partial charge in [-0.3, -0.25) is 4.79 Å². The van der Waals surface area contributed by atoms with Crippen LogP contribution < -0.4 is 11.1 Å². The van der Waals surface area contributed by atoms with Crippen molar-refractivity contribution in [3.63, 3.8) is 0 Å². The van der Waals surface area contributed by atoms with Crippen molar-refractivity contribution < 1.29 is 4.79 Å². The molecule has 1 saturated carbocycles. The van der Waals surface area contributed by atoms with Gasteiger partial charge in [-0.15, -0.1) is 12.4 Å². The van der Waals surface area contributed by atoms with Crippen LogP contribution in [0.1, 0.15) is 36.5 Å². The summed E-state index contributed by atoms with van der Waals surface area (Å²) in [7, 11) is 0. The molecule has 0 heterocycles. The van der Waals surface area contributed by atoms with Gasteiger partial charge in [-0.25, -0.2) is 0 Å². The first-order valence-electron chi connectivity index (χ1n) is 5.83. The van der Waals surface area contributed by atoms with Gasteiger partial charge < -0.3 is 11.1 Å². The molecule has 1 aliphatic carbocycles. The fraction of sp³-hybridized carbons (Fsp3) is 0.462. The predicted octanol–water partition coefficient (Wildman–Crippen LogP) is 3.37. The van der Waals surface area contributed by atoms with Gasteiger partial charge in [-0.2, -0.15) is 0 Å². The molecular formula is C13H18BrClN2O. The first-order valence-corrected chi connectivity index (χ1v) is 6.63. The second kappa shape index (κ2) is 5.93. The van der Waals surface area contributed by atoms with Crippen molar-refractivity contribution in [1.29, 1.82) is 0 Å². The van der Waals surface area contributed by atoms with Crippen LogP contribution in [0.15, 0.2) is 22.7 Å². The van der Waals surface area contributed by atoms with Gasteiger partial charge in [0.05, 0.1) is 5.56 Å². The largest absolute Gasteiger partial charge is 0.398 e. The lowest BCUT2D eigenvalue weighted by Crippen LogP contribution is -2.40. The molecule has 1 aromatic rings. The van der Waals surface area contributed by atoms with Gasteiger partial charge in [0.15, 0.2) is 0 Å². The highest BCUT2D eigenvalue weighted by Gasteiger charge is 2.32.